The average Bonchev–Trinajstić information content (AvgIpc) is 2.97. The second-order valence-electron chi connectivity index (χ2n) is 4.78. The van der Waals surface area contributed by atoms with Crippen molar-refractivity contribution in [3.05, 3.63) is 29.7 Å². The molecule has 2 aromatic rings. The molecule has 0 amide bonds. The summed E-state index contributed by atoms with van der Waals surface area (Å²) in [6, 6.07) is 0. The van der Waals surface area contributed by atoms with Gasteiger partial charge in [0.05, 0.1) is 19.3 Å². The minimum Gasteiger partial charge on any atom is -0.338 e. The third-order valence-corrected chi connectivity index (χ3v) is 2.98. The van der Waals surface area contributed by atoms with Crippen molar-refractivity contribution in [2.24, 2.45) is 0 Å². The van der Waals surface area contributed by atoms with Crippen molar-refractivity contribution in [3.8, 4) is 0 Å². The Balaban J connectivity index is 1.41. The summed E-state index contributed by atoms with van der Waals surface area (Å²) in [5, 5.41) is 11.5. The van der Waals surface area contributed by atoms with Crippen molar-refractivity contribution in [1.82, 2.24) is 25.2 Å². The van der Waals surface area contributed by atoms with Crippen LogP contribution < -0.4 is 5.32 Å². The molecule has 1 fully saturated rings. The Morgan fingerprint density at radius 1 is 1.50 bits per heavy atom. The zero-order valence-corrected chi connectivity index (χ0v) is 10.5. The number of hydrogen-bond acceptors (Lipinski definition) is 5. The fourth-order valence-electron chi connectivity index (χ4n) is 1.83. The monoisotopic (exact) mass is 247 g/mol. The molecule has 1 saturated carbocycles. The van der Waals surface area contributed by atoms with E-state index in [9.17, 15) is 0 Å². The van der Waals surface area contributed by atoms with Gasteiger partial charge in [-0.05, 0) is 25.3 Å². The van der Waals surface area contributed by atoms with Gasteiger partial charge < -0.3 is 9.84 Å². The number of aromatic nitrogens is 4. The van der Waals surface area contributed by atoms with Gasteiger partial charge in [0.1, 0.15) is 0 Å². The minimum absolute atomic E-state index is 0.551. The molecule has 6 heteroatoms. The van der Waals surface area contributed by atoms with Crippen LogP contribution >= 0.6 is 0 Å². The summed E-state index contributed by atoms with van der Waals surface area (Å²) in [6.07, 6.45) is 6.29. The Bertz CT molecular complexity index is 514. The van der Waals surface area contributed by atoms with Crippen LogP contribution in [0.1, 0.15) is 36.0 Å². The second-order valence-corrected chi connectivity index (χ2v) is 4.78. The van der Waals surface area contributed by atoms with E-state index in [1.165, 1.54) is 18.4 Å². The molecule has 0 aliphatic heterocycles. The van der Waals surface area contributed by atoms with Crippen LogP contribution in [-0.4, -0.2) is 26.5 Å². The predicted molar refractivity (Wildman–Crippen MR) is 64.9 cm³/mol. The molecule has 0 unspecified atom stereocenters. The van der Waals surface area contributed by atoms with Gasteiger partial charge in [-0.15, -0.1) is 0 Å². The number of nitrogens with one attached hydrogen (secondary N) is 1. The van der Waals surface area contributed by atoms with Crippen LogP contribution in [0.15, 0.2) is 16.9 Å². The highest BCUT2D eigenvalue weighted by Gasteiger charge is 2.28. The van der Waals surface area contributed by atoms with Crippen LogP contribution in [0.25, 0.3) is 0 Å². The van der Waals surface area contributed by atoms with Gasteiger partial charge in [0.25, 0.3) is 0 Å². The molecule has 0 spiro atoms. The molecule has 1 aliphatic rings. The lowest BCUT2D eigenvalue weighted by molar-refractivity contribution is 0.361. The zero-order chi connectivity index (χ0) is 12.4. The SMILES string of the molecule is Cc1cnn(CCNCc2nc(C3CC3)no2)c1. The van der Waals surface area contributed by atoms with Crippen molar-refractivity contribution < 1.29 is 4.52 Å². The highest BCUT2D eigenvalue weighted by molar-refractivity contribution is 5.03. The summed E-state index contributed by atoms with van der Waals surface area (Å²) < 4.78 is 7.10. The minimum atomic E-state index is 0.551. The lowest BCUT2D eigenvalue weighted by Crippen LogP contribution is -2.19. The first-order valence-corrected chi connectivity index (χ1v) is 6.33. The lowest BCUT2D eigenvalue weighted by atomic mass is 10.4. The van der Waals surface area contributed by atoms with Crippen LogP contribution in [0.2, 0.25) is 0 Å². The Morgan fingerprint density at radius 2 is 2.39 bits per heavy atom. The molecule has 1 N–H and O–H groups in total. The number of rotatable bonds is 6. The summed E-state index contributed by atoms with van der Waals surface area (Å²) in [7, 11) is 0. The Hall–Kier alpha value is -1.69. The molecule has 18 heavy (non-hydrogen) atoms. The van der Waals surface area contributed by atoms with Crippen molar-refractivity contribution in [1.29, 1.82) is 0 Å². The van der Waals surface area contributed by atoms with Gasteiger partial charge in [-0.25, -0.2) is 0 Å². The van der Waals surface area contributed by atoms with Crippen molar-refractivity contribution in [3.63, 3.8) is 0 Å². The van der Waals surface area contributed by atoms with E-state index in [1.807, 2.05) is 24.0 Å². The van der Waals surface area contributed by atoms with Crippen molar-refractivity contribution >= 4 is 0 Å². The molecule has 2 heterocycles. The van der Waals surface area contributed by atoms with E-state index in [1.54, 1.807) is 0 Å². The molecular formula is C12H17N5O. The first kappa shape index (κ1) is 11.4. The first-order valence-electron chi connectivity index (χ1n) is 6.33. The van der Waals surface area contributed by atoms with Gasteiger partial charge in [0.15, 0.2) is 5.82 Å². The number of hydrogen-bond donors (Lipinski definition) is 1. The molecule has 0 atom stereocenters. The first-order chi connectivity index (χ1) is 8.81. The molecule has 0 saturated heterocycles. The third-order valence-electron chi connectivity index (χ3n) is 2.98. The Kier molecular flexibility index (Phi) is 3.10. The lowest BCUT2D eigenvalue weighted by Gasteiger charge is -2.01. The maximum atomic E-state index is 5.18. The number of aryl methyl sites for hydroxylation is 1. The van der Waals surface area contributed by atoms with Crippen molar-refractivity contribution in [2.75, 3.05) is 6.54 Å². The predicted octanol–water partition coefficient (Wildman–Crippen LogP) is 1.24. The van der Waals surface area contributed by atoms with Gasteiger partial charge in [-0.1, -0.05) is 5.16 Å². The second kappa shape index (κ2) is 4.89. The Labute approximate surface area is 105 Å². The molecule has 2 aromatic heterocycles. The zero-order valence-electron chi connectivity index (χ0n) is 10.5. The van der Waals surface area contributed by atoms with Crippen molar-refractivity contribution in [2.45, 2.75) is 38.8 Å². The van der Waals surface area contributed by atoms with Crippen LogP contribution in [0, 0.1) is 6.92 Å². The number of nitrogens with zero attached hydrogens (tertiary/aromatic N) is 4. The molecule has 0 radical (unpaired) electrons. The maximum Gasteiger partial charge on any atom is 0.240 e. The normalized spacial score (nSPS) is 15.2. The maximum absolute atomic E-state index is 5.18. The fourth-order valence-corrected chi connectivity index (χ4v) is 1.83. The fraction of sp³-hybridized carbons (Fsp3) is 0.583. The molecule has 0 aromatic carbocycles. The van der Waals surface area contributed by atoms with Gasteiger partial charge in [-0.3, -0.25) is 4.68 Å². The van der Waals surface area contributed by atoms with E-state index < -0.39 is 0 Å². The van der Waals surface area contributed by atoms with E-state index in [4.69, 9.17) is 4.52 Å². The molecular weight excluding hydrogens is 230 g/mol. The van der Waals surface area contributed by atoms with E-state index in [0.29, 0.717) is 18.4 Å². The molecule has 1 aliphatic carbocycles. The van der Waals surface area contributed by atoms with Gasteiger partial charge >= 0.3 is 0 Å². The summed E-state index contributed by atoms with van der Waals surface area (Å²) in [6.45, 7) is 4.34. The van der Waals surface area contributed by atoms with Gasteiger partial charge in [0.2, 0.25) is 5.89 Å². The summed E-state index contributed by atoms with van der Waals surface area (Å²) in [4.78, 5) is 4.36. The molecule has 0 bridgehead atoms. The Morgan fingerprint density at radius 3 is 3.11 bits per heavy atom. The van der Waals surface area contributed by atoms with Crippen LogP contribution in [-0.2, 0) is 13.1 Å². The smallest absolute Gasteiger partial charge is 0.240 e. The summed E-state index contributed by atoms with van der Waals surface area (Å²) in [5.74, 6) is 2.09. The largest absolute Gasteiger partial charge is 0.338 e. The molecule has 6 nitrogen and oxygen atoms in total. The van der Waals surface area contributed by atoms with Crippen LogP contribution in [0.4, 0.5) is 0 Å². The van der Waals surface area contributed by atoms with E-state index in [2.05, 4.69) is 20.6 Å². The quantitative estimate of drug-likeness (QED) is 0.778. The molecule has 96 valence electrons. The average molecular weight is 247 g/mol. The summed E-state index contributed by atoms with van der Waals surface area (Å²) >= 11 is 0. The topological polar surface area (TPSA) is 68.8 Å². The third kappa shape index (κ3) is 2.76. The van der Waals surface area contributed by atoms with E-state index >= 15 is 0 Å². The van der Waals surface area contributed by atoms with Gasteiger partial charge in [0, 0.05) is 18.7 Å². The summed E-state index contributed by atoms with van der Waals surface area (Å²) in [5.41, 5.74) is 1.18. The highest BCUT2D eigenvalue weighted by atomic mass is 16.5. The van der Waals surface area contributed by atoms with E-state index in [-0.39, 0.29) is 0 Å². The standard InChI is InChI=1S/C12H17N5O/c1-9-6-14-17(8-9)5-4-13-7-11-15-12(16-18-11)10-2-3-10/h6,8,10,13H,2-5,7H2,1H3. The van der Waals surface area contributed by atoms with E-state index in [0.717, 1.165) is 18.9 Å². The van der Waals surface area contributed by atoms with Crippen LogP contribution in [0.5, 0.6) is 0 Å². The highest BCUT2D eigenvalue weighted by Crippen LogP contribution is 2.37. The van der Waals surface area contributed by atoms with Gasteiger partial charge in [-0.2, -0.15) is 10.1 Å². The molecule has 3 rings (SSSR count). The van der Waals surface area contributed by atoms with Crippen LogP contribution in [0.3, 0.4) is 0 Å².